The predicted molar refractivity (Wildman–Crippen MR) is 73.5 cm³/mol. The molecule has 1 aliphatic heterocycles. The number of amides is 1. The zero-order valence-electron chi connectivity index (χ0n) is 11.1. The number of piperidine rings is 1. The molecule has 0 aromatic heterocycles. The molecule has 2 rings (SSSR count). The first-order valence-electron chi connectivity index (χ1n) is 6.83. The number of nitrogens with two attached hydrogens (primary N) is 1. The molecule has 0 aliphatic carbocycles. The molecule has 98 valence electrons. The van der Waals surface area contributed by atoms with Gasteiger partial charge in [-0.15, -0.1) is 0 Å². The SMILES string of the molecule is CC1CCCCN1C(=O)c1ccccc1CCN. The summed E-state index contributed by atoms with van der Waals surface area (Å²) in [7, 11) is 0. The number of nitrogens with zero attached hydrogens (tertiary/aromatic N) is 1. The molecule has 0 saturated carbocycles. The van der Waals surface area contributed by atoms with Gasteiger partial charge in [-0.1, -0.05) is 18.2 Å². The van der Waals surface area contributed by atoms with Crippen LogP contribution in [0.5, 0.6) is 0 Å². The van der Waals surface area contributed by atoms with Crippen LogP contribution in [0.3, 0.4) is 0 Å². The highest BCUT2D eigenvalue weighted by Gasteiger charge is 2.25. The summed E-state index contributed by atoms with van der Waals surface area (Å²) in [5.41, 5.74) is 7.51. The molecule has 1 saturated heterocycles. The number of hydrogen-bond acceptors (Lipinski definition) is 2. The van der Waals surface area contributed by atoms with Crippen molar-refractivity contribution in [1.82, 2.24) is 4.90 Å². The van der Waals surface area contributed by atoms with Gasteiger partial charge in [0.2, 0.25) is 0 Å². The van der Waals surface area contributed by atoms with E-state index in [0.29, 0.717) is 12.6 Å². The molecular weight excluding hydrogens is 224 g/mol. The first-order chi connectivity index (χ1) is 8.74. The number of hydrogen-bond donors (Lipinski definition) is 1. The van der Waals surface area contributed by atoms with Crippen LogP contribution in [0.2, 0.25) is 0 Å². The van der Waals surface area contributed by atoms with Gasteiger partial charge in [-0.25, -0.2) is 0 Å². The van der Waals surface area contributed by atoms with Crippen LogP contribution in [0.1, 0.15) is 42.1 Å². The molecule has 18 heavy (non-hydrogen) atoms. The minimum atomic E-state index is 0.172. The van der Waals surface area contributed by atoms with Crippen LogP contribution >= 0.6 is 0 Å². The van der Waals surface area contributed by atoms with E-state index in [4.69, 9.17) is 5.73 Å². The van der Waals surface area contributed by atoms with Crippen LogP contribution in [0, 0.1) is 0 Å². The van der Waals surface area contributed by atoms with Crippen molar-refractivity contribution < 1.29 is 4.79 Å². The Bertz CT molecular complexity index is 417. The third-order valence-corrected chi connectivity index (χ3v) is 3.73. The molecule has 0 bridgehead atoms. The summed E-state index contributed by atoms with van der Waals surface area (Å²) >= 11 is 0. The molecular formula is C15H22N2O. The number of carbonyl (C=O) groups is 1. The van der Waals surface area contributed by atoms with E-state index in [2.05, 4.69) is 6.92 Å². The van der Waals surface area contributed by atoms with Gasteiger partial charge in [0.05, 0.1) is 0 Å². The highest BCUT2D eigenvalue weighted by Crippen LogP contribution is 2.21. The monoisotopic (exact) mass is 246 g/mol. The molecule has 1 aliphatic rings. The predicted octanol–water partition coefficient (Wildman–Crippen LogP) is 2.20. The smallest absolute Gasteiger partial charge is 0.254 e. The van der Waals surface area contributed by atoms with Crippen LogP contribution in [0.15, 0.2) is 24.3 Å². The maximum absolute atomic E-state index is 12.6. The summed E-state index contributed by atoms with van der Waals surface area (Å²) in [6, 6.07) is 8.20. The largest absolute Gasteiger partial charge is 0.336 e. The van der Waals surface area contributed by atoms with Crippen LogP contribution in [0.25, 0.3) is 0 Å². The molecule has 1 aromatic rings. The maximum Gasteiger partial charge on any atom is 0.254 e. The molecule has 1 unspecified atom stereocenters. The quantitative estimate of drug-likeness (QED) is 0.888. The normalized spacial score (nSPS) is 19.9. The van der Waals surface area contributed by atoms with Gasteiger partial charge in [0.15, 0.2) is 0 Å². The van der Waals surface area contributed by atoms with Gasteiger partial charge in [0, 0.05) is 18.2 Å². The standard InChI is InChI=1S/C15H22N2O/c1-12-6-4-5-11-17(12)15(18)14-8-3-2-7-13(14)9-10-16/h2-3,7-8,12H,4-6,9-11,16H2,1H3. The lowest BCUT2D eigenvalue weighted by molar-refractivity contribution is 0.0634. The molecule has 1 amide bonds. The van der Waals surface area contributed by atoms with Crippen molar-refractivity contribution in [1.29, 1.82) is 0 Å². The average Bonchev–Trinajstić information content (AvgIpc) is 2.40. The van der Waals surface area contributed by atoms with Crippen molar-refractivity contribution in [2.75, 3.05) is 13.1 Å². The zero-order chi connectivity index (χ0) is 13.0. The topological polar surface area (TPSA) is 46.3 Å². The molecule has 0 radical (unpaired) electrons. The fourth-order valence-corrected chi connectivity index (χ4v) is 2.66. The Labute approximate surface area is 109 Å². The Morgan fingerprint density at radius 2 is 2.17 bits per heavy atom. The summed E-state index contributed by atoms with van der Waals surface area (Å²) in [5, 5.41) is 0. The fraction of sp³-hybridized carbons (Fsp3) is 0.533. The van der Waals surface area contributed by atoms with Crippen molar-refractivity contribution >= 4 is 5.91 Å². The highest BCUT2D eigenvalue weighted by molar-refractivity contribution is 5.96. The second kappa shape index (κ2) is 6.01. The zero-order valence-corrected chi connectivity index (χ0v) is 11.1. The van der Waals surface area contributed by atoms with E-state index in [9.17, 15) is 4.79 Å². The van der Waals surface area contributed by atoms with Gasteiger partial charge in [-0.2, -0.15) is 0 Å². The van der Waals surface area contributed by atoms with E-state index >= 15 is 0 Å². The van der Waals surface area contributed by atoms with Crippen LogP contribution < -0.4 is 5.73 Å². The van der Waals surface area contributed by atoms with Crippen molar-refractivity contribution in [3.05, 3.63) is 35.4 Å². The Kier molecular flexibility index (Phi) is 4.37. The van der Waals surface area contributed by atoms with Crippen molar-refractivity contribution in [3.8, 4) is 0 Å². The van der Waals surface area contributed by atoms with E-state index in [1.165, 1.54) is 6.42 Å². The lowest BCUT2D eigenvalue weighted by Gasteiger charge is -2.34. The Hall–Kier alpha value is -1.35. The molecule has 1 atom stereocenters. The molecule has 3 nitrogen and oxygen atoms in total. The molecule has 2 N–H and O–H groups in total. The molecule has 1 aromatic carbocycles. The number of rotatable bonds is 3. The van der Waals surface area contributed by atoms with Crippen molar-refractivity contribution in [2.45, 2.75) is 38.6 Å². The number of carbonyl (C=O) groups excluding carboxylic acids is 1. The van der Waals surface area contributed by atoms with E-state index in [1.54, 1.807) is 0 Å². The summed E-state index contributed by atoms with van der Waals surface area (Å²) in [4.78, 5) is 14.6. The Balaban J connectivity index is 2.22. The second-order valence-corrected chi connectivity index (χ2v) is 5.04. The van der Waals surface area contributed by atoms with Gasteiger partial charge in [0.1, 0.15) is 0 Å². The van der Waals surface area contributed by atoms with E-state index < -0.39 is 0 Å². The minimum absolute atomic E-state index is 0.172. The third-order valence-electron chi connectivity index (χ3n) is 3.73. The van der Waals surface area contributed by atoms with Gasteiger partial charge in [-0.05, 0) is 50.8 Å². The number of benzene rings is 1. The number of likely N-dealkylation sites (tertiary alicyclic amines) is 1. The van der Waals surface area contributed by atoms with Gasteiger partial charge in [0.25, 0.3) is 5.91 Å². The summed E-state index contributed by atoms with van der Waals surface area (Å²) < 4.78 is 0. The van der Waals surface area contributed by atoms with E-state index in [-0.39, 0.29) is 5.91 Å². The summed E-state index contributed by atoms with van der Waals surface area (Å²) in [6.45, 7) is 3.61. The molecule has 0 spiro atoms. The average molecular weight is 246 g/mol. The maximum atomic E-state index is 12.6. The summed E-state index contributed by atoms with van der Waals surface area (Å²) in [6.07, 6.45) is 4.24. The molecule has 1 heterocycles. The first-order valence-corrected chi connectivity index (χ1v) is 6.83. The molecule has 3 heteroatoms. The molecule has 1 fully saturated rings. The summed E-state index contributed by atoms with van der Waals surface area (Å²) in [5.74, 6) is 0.172. The van der Waals surface area contributed by atoms with Crippen LogP contribution in [-0.2, 0) is 6.42 Å². The van der Waals surface area contributed by atoms with Gasteiger partial charge < -0.3 is 10.6 Å². The Morgan fingerprint density at radius 1 is 1.39 bits per heavy atom. The highest BCUT2D eigenvalue weighted by atomic mass is 16.2. The van der Waals surface area contributed by atoms with Gasteiger partial charge in [-0.3, -0.25) is 4.79 Å². The van der Waals surface area contributed by atoms with Crippen LogP contribution in [0.4, 0.5) is 0 Å². The van der Waals surface area contributed by atoms with E-state index in [1.807, 2.05) is 29.2 Å². The fourth-order valence-electron chi connectivity index (χ4n) is 2.66. The van der Waals surface area contributed by atoms with Crippen molar-refractivity contribution in [2.24, 2.45) is 5.73 Å². The lowest BCUT2D eigenvalue weighted by atomic mass is 9.99. The second-order valence-electron chi connectivity index (χ2n) is 5.04. The minimum Gasteiger partial charge on any atom is -0.336 e. The first kappa shape index (κ1) is 13.1. The van der Waals surface area contributed by atoms with Crippen LogP contribution in [-0.4, -0.2) is 29.9 Å². The Morgan fingerprint density at radius 3 is 2.89 bits per heavy atom. The third kappa shape index (κ3) is 2.72. The van der Waals surface area contributed by atoms with E-state index in [0.717, 1.165) is 36.9 Å². The van der Waals surface area contributed by atoms with Crippen molar-refractivity contribution in [3.63, 3.8) is 0 Å². The van der Waals surface area contributed by atoms with Gasteiger partial charge >= 0.3 is 0 Å². The lowest BCUT2D eigenvalue weighted by Crippen LogP contribution is -2.42.